The molecule has 4 nitrogen and oxygen atoms in total. The van der Waals surface area contributed by atoms with Crippen LogP contribution in [-0.2, 0) is 14.3 Å². The van der Waals surface area contributed by atoms with Crippen molar-refractivity contribution in [2.75, 3.05) is 19.6 Å². The summed E-state index contributed by atoms with van der Waals surface area (Å²) in [6, 6.07) is 0. The molecule has 33 heavy (non-hydrogen) atoms. The minimum Gasteiger partial charge on any atom is -0.462 e. The molecule has 0 bridgehead atoms. The Labute approximate surface area is 200 Å². The molecule has 1 saturated heterocycles. The van der Waals surface area contributed by atoms with Crippen LogP contribution in [0.3, 0.4) is 0 Å². The summed E-state index contributed by atoms with van der Waals surface area (Å²) in [5.74, 6) is 2.25. The zero-order valence-corrected chi connectivity index (χ0v) is 21.0. The number of piperidine rings is 1. The fraction of sp³-hybridized carbons (Fsp3) is 0.793. The maximum Gasteiger partial charge on any atom is 0.307 e. The number of nitrogens with zero attached hydrogens (tertiary/aromatic N) is 1. The van der Waals surface area contributed by atoms with Gasteiger partial charge < -0.3 is 9.64 Å². The lowest BCUT2D eigenvalue weighted by Crippen LogP contribution is -2.50. The number of Topliss-reactive ketones (excluding diaryl/α,β-unsaturated/α-hetero) is 1. The molecule has 0 aromatic heterocycles. The summed E-state index contributed by atoms with van der Waals surface area (Å²) in [6.07, 6.45) is 16.8. The highest BCUT2D eigenvalue weighted by Gasteiger charge is 2.57. The predicted molar refractivity (Wildman–Crippen MR) is 131 cm³/mol. The van der Waals surface area contributed by atoms with Gasteiger partial charge in [-0.3, -0.25) is 9.59 Å². The fourth-order valence-corrected chi connectivity index (χ4v) is 8.52. The Morgan fingerprint density at radius 2 is 1.76 bits per heavy atom. The summed E-state index contributed by atoms with van der Waals surface area (Å²) in [4.78, 5) is 27.3. The van der Waals surface area contributed by atoms with Gasteiger partial charge in [-0.25, -0.2) is 0 Å². The Hall–Kier alpha value is -1.42. The van der Waals surface area contributed by atoms with Crippen LogP contribution in [0.5, 0.6) is 0 Å². The minimum atomic E-state index is -0.00862. The number of ether oxygens (including phenoxy) is 1. The van der Waals surface area contributed by atoms with Crippen LogP contribution in [0.15, 0.2) is 23.3 Å². The standard InChI is InChI=1S/C29H43NO3/c1-20(31)24-9-10-25-23-8-7-21-19-22(33-27(32)13-18-30-16-5-4-6-17-30)11-14-28(21,2)26(23)12-15-29(24,25)3/h7,9,22-23,25-26H,4-6,8,10-19H2,1-3H3/t22-,23+,25-,26-,28+,29-/m1/s1. The van der Waals surface area contributed by atoms with Gasteiger partial charge in [0.05, 0.1) is 6.42 Å². The zero-order valence-electron chi connectivity index (χ0n) is 21.0. The third-order valence-corrected chi connectivity index (χ3v) is 10.4. The van der Waals surface area contributed by atoms with Crippen molar-refractivity contribution < 1.29 is 14.3 Å². The number of likely N-dealkylation sites (tertiary alicyclic amines) is 1. The highest BCUT2D eigenvalue weighted by atomic mass is 16.5. The van der Waals surface area contributed by atoms with E-state index in [-0.39, 0.29) is 28.7 Å². The molecule has 0 amide bonds. The Morgan fingerprint density at radius 1 is 1.00 bits per heavy atom. The number of ketones is 1. The van der Waals surface area contributed by atoms with Crippen molar-refractivity contribution in [2.45, 2.75) is 97.5 Å². The van der Waals surface area contributed by atoms with E-state index in [1.807, 2.05) is 0 Å². The van der Waals surface area contributed by atoms with Crippen molar-refractivity contribution in [3.63, 3.8) is 0 Å². The second-order valence-corrected chi connectivity index (χ2v) is 12.1. The zero-order chi connectivity index (χ0) is 23.2. The number of hydrogen-bond acceptors (Lipinski definition) is 4. The van der Waals surface area contributed by atoms with Crippen LogP contribution in [0.25, 0.3) is 0 Å². The van der Waals surface area contributed by atoms with E-state index < -0.39 is 0 Å². The van der Waals surface area contributed by atoms with Crippen molar-refractivity contribution in [1.82, 2.24) is 4.90 Å². The number of rotatable bonds is 5. The minimum absolute atomic E-state index is 0.00862. The summed E-state index contributed by atoms with van der Waals surface area (Å²) in [5.41, 5.74) is 2.96. The van der Waals surface area contributed by atoms with E-state index in [0.717, 1.165) is 63.7 Å². The van der Waals surface area contributed by atoms with Gasteiger partial charge in [0.1, 0.15) is 6.10 Å². The molecule has 2 saturated carbocycles. The van der Waals surface area contributed by atoms with Gasteiger partial charge in [-0.1, -0.05) is 38.0 Å². The van der Waals surface area contributed by atoms with Crippen LogP contribution < -0.4 is 0 Å². The van der Waals surface area contributed by atoms with Crippen molar-refractivity contribution in [3.8, 4) is 0 Å². The monoisotopic (exact) mass is 453 g/mol. The molecule has 0 aromatic rings. The molecule has 5 aliphatic rings. The van der Waals surface area contributed by atoms with Crippen LogP contribution in [-0.4, -0.2) is 42.4 Å². The molecule has 0 aromatic carbocycles. The summed E-state index contributed by atoms with van der Waals surface area (Å²) in [7, 11) is 0. The van der Waals surface area contributed by atoms with Gasteiger partial charge >= 0.3 is 5.97 Å². The number of esters is 1. The van der Waals surface area contributed by atoms with Gasteiger partial charge in [0, 0.05) is 13.0 Å². The molecule has 1 aliphatic heterocycles. The Bertz CT molecular complexity index is 853. The molecular weight excluding hydrogens is 410 g/mol. The molecular formula is C29H43NO3. The topological polar surface area (TPSA) is 46.6 Å². The highest BCUT2D eigenvalue weighted by molar-refractivity contribution is 5.95. The first-order valence-electron chi connectivity index (χ1n) is 13.6. The quantitative estimate of drug-likeness (QED) is 0.386. The summed E-state index contributed by atoms with van der Waals surface area (Å²) >= 11 is 0. The van der Waals surface area contributed by atoms with Crippen LogP contribution in [0.4, 0.5) is 0 Å². The Balaban J connectivity index is 1.21. The first kappa shape index (κ1) is 23.3. The average Bonchev–Trinajstić information content (AvgIpc) is 3.16. The lowest BCUT2D eigenvalue weighted by Gasteiger charge is -2.57. The smallest absolute Gasteiger partial charge is 0.307 e. The van der Waals surface area contributed by atoms with Gasteiger partial charge in [-0.05, 0) is 106 Å². The maximum atomic E-state index is 12.6. The molecule has 0 N–H and O–H groups in total. The summed E-state index contributed by atoms with van der Waals surface area (Å²) < 4.78 is 5.99. The second kappa shape index (κ2) is 8.98. The third kappa shape index (κ3) is 4.15. The molecule has 4 heteroatoms. The first-order chi connectivity index (χ1) is 15.8. The van der Waals surface area contributed by atoms with Crippen molar-refractivity contribution in [1.29, 1.82) is 0 Å². The average molecular weight is 454 g/mol. The molecule has 3 fully saturated rings. The summed E-state index contributed by atoms with van der Waals surface area (Å²) in [6.45, 7) is 9.71. The van der Waals surface area contributed by atoms with Crippen molar-refractivity contribution >= 4 is 11.8 Å². The lowest BCUT2D eigenvalue weighted by molar-refractivity contribution is -0.151. The molecule has 0 unspecified atom stereocenters. The molecule has 4 aliphatic carbocycles. The van der Waals surface area contributed by atoms with Crippen LogP contribution in [0, 0.1) is 28.6 Å². The van der Waals surface area contributed by atoms with Crippen LogP contribution >= 0.6 is 0 Å². The van der Waals surface area contributed by atoms with Gasteiger partial charge in [-0.2, -0.15) is 0 Å². The SMILES string of the molecule is CC(=O)C1=CC[C@@H]2[C@@H]3CC=C4C[C@H](OC(=O)CCN5CCCCC5)CC[C@]4(C)[C@@H]3CC[C@]12C. The van der Waals surface area contributed by atoms with E-state index in [2.05, 4.69) is 30.9 Å². The van der Waals surface area contributed by atoms with E-state index in [1.165, 1.54) is 25.7 Å². The number of carbonyl (C=O) groups excluding carboxylic acids is 2. The Kier molecular flexibility index (Phi) is 6.35. The normalized spacial score (nSPS) is 40.7. The van der Waals surface area contributed by atoms with E-state index in [0.29, 0.717) is 24.2 Å². The summed E-state index contributed by atoms with van der Waals surface area (Å²) in [5, 5.41) is 0. The van der Waals surface area contributed by atoms with Gasteiger partial charge in [0.25, 0.3) is 0 Å². The van der Waals surface area contributed by atoms with E-state index >= 15 is 0 Å². The third-order valence-electron chi connectivity index (χ3n) is 10.4. The molecule has 182 valence electrons. The Morgan fingerprint density at radius 3 is 2.52 bits per heavy atom. The molecule has 0 radical (unpaired) electrons. The highest BCUT2D eigenvalue weighted by Crippen LogP contribution is 2.65. The van der Waals surface area contributed by atoms with Crippen molar-refractivity contribution in [2.24, 2.45) is 28.6 Å². The predicted octanol–water partition coefficient (Wildman–Crippen LogP) is 5.86. The largest absolute Gasteiger partial charge is 0.462 e. The van der Waals surface area contributed by atoms with Crippen molar-refractivity contribution in [3.05, 3.63) is 23.3 Å². The van der Waals surface area contributed by atoms with Crippen LogP contribution in [0.1, 0.15) is 91.4 Å². The van der Waals surface area contributed by atoms with Gasteiger partial charge in [0.2, 0.25) is 0 Å². The van der Waals surface area contributed by atoms with E-state index in [4.69, 9.17) is 4.74 Å². The van der Waals surface area contributed by atoms with E-state index in [9.17, 15) is 9.59 Å². The number of hydrogen-bond donors (Lipinski definition) is 0. The number of fused-ring (bicyclic) bond motifs is 5. The number of allylic oxidation sites excluding steroid dienone is 3. The fourth-order valence-electron chi connectivity index (χ4n) is 8.52. The first-order valence-corrected chi connectivity index (χ1v) is 13.6. The molecule has 6 atom stereocenters. The van der Waals surface area contributed by atoms with Crippen LogP contribution in [0.2, 0.25) is 0 Å². The number of carbonyl (C=O) groups is 2. The molecule has 5 rings (SSSR count). The van der Waals surface area contributed by atoms with Gasteiger partial charge in [0.15, 0.2) is 5.78 Å². The molecule has 1 heterocycles. The van der Waals surface area contributed by atoms with Gasteiger partial charge in [-0.15, -0.1) is 0 Å². The second-order valence-electron chi connectivity index (χ2n) is 12.1. The molecule has 0 spiro atoms. The maximum absolute atomic E-state index is 12.6. The van der Waals surface area contributed by atoms with E-state index in [1.54, 1.807) is 12.5 Å². The lowest BCUT2D eigenvalue weighted by atomic mass is 9.47.